The molecule has 0 aliphatic heterocycles. The zero-order chi connectivity index (χ0) is 19.2. The highest BCUT2D eigenvalue weighted by molar-refractivity contribution is 5.94. The number of aromatic nitrogens is 1. The number of rotatable bonds is 6. The predicted molar refractivity (Wildman–Crippen MR) is 98.5 cm³/mol. The summed E-state index contributed by atoms with van der Waals surface area (Å²) in [6, 6.07) is 15.6. The van der Waals surface area contributed by atoms with Gasteiger partial charge in [-0.1, -0.05) is 18.2 Å². The van der Waals surface area contributed by atoms with Gasteiger partial charge in [-0.05, 0) is 48.9 Å². The monoisotopic (exact) mass is 368 g/mol. The maximum atomic E-state index is 14.3. The van der Waals surface area contributed by atoms with Crippen LogP contribution in [0.2, 0.25) is 0 Å². The number of hydrogen-bond donors (Lipinski definition) is 0. The topological polar surface area (TPSA) is 42.4 Å². The van der Waals surface area contributed by atoms with Crippen LogP contribution in [0.5, 0.6) is 5.75 Å². The lowest BCUT2D eigenvalue weighted by atomic mass is 10.2. The number of halogens is 2. The third-order valence-electron chi connectivity index (χ3n) is 3.90. The summed E-state index contributed by atoms with van der Waals surface area (Å²) in [6.07, 6.45) is 1.59. The number of anilines is 1. The second-order valence-electron chi connectivity index (χ2n) is 6.00. The van der Waals surface area contributed by atoms with Crippen molar-refractivity contribution < 1.29 is 18.3 Å². The standard InChI is InChI=1S/C21H18F2N2O2/c1-15-5-4-7-18(11-15)27-14-21(26)25(13-17-6-2-3-10-24-17)20-9-8-16(22)12-19(20)23/h2-12H,13-14H2,1H3. The van der Waals surface area contributed by atoms with Gasteiger partial charge in [0.15, 0.2) is 6.61 Å². The summed E-state index contributed by atoms with van der Waals surface area (Å²) in [5.41, 5.74) is 1.54. The van der Waals surface area contributed by atoms with Crippen LogP contribution in [-0.4, -0.2) is 17.5 Å². The molecule has 0 atom stereocenters. The molecule has 0 saturated heterocycles. The Kier molecular flexibility index (Phi) is 5.76. The number of aryl methyl sites for hydroxylation is 1. The Morgan fingerprint density at radius 2 is 1.93 bits per heavy atom. The molecule has 0 spiro atoms. The molecule has 138 valence electrons. The van der Waals surface area contributed by atoms with Crippen molar-refractivity contribution in [2.75, 3.05) is 11.5 Å². The first-order chi connectivity index (χ1) is 13.0. The fourth-order valence-electron chi connectivity index (χ4n) is 2.59. The average molecular weight is 368 g/mol. The van der Waals surface area contributed by atoms with Gasteiger partial charge in [-0.15, -0.1) is 0 Å². The van der Waals surface area contributed by atoms with Crippen molar-refractivity contribution in [2.45, 2.75) is 13.5 Å². The first-order valence-electron chi connectivity index (χ1n) is 8.38. The molecule has 0 aliphatic rings. The minimum atomic E-state index is -0.824. The van der Waals surface area contributed by atoms with Gasteiger partial charge < -0.3 is 9.64 Å². The first-order valence-corrected chi connectivity index (χ1v) is 8.38. The zero-order valence-electron chi connectivity index (χ0n) is 14.7. The van der Waals surface area contributed by atoms with E-state index in [0.29, 0.717) is 11.4 Å². The highest BCUT2D eigenvalue weighted by atomic mass is 19.1. The maximum absolute atomic E-state index is 14.3. The minimum absolute atomic E-state index is 0.0279. The molecule has 0 fully saturated rings. The van der Waals surface area contributed by atoms with Gasteiger partial charge in [-0.3, -0.25) is 9.78 Å². The first kappa shape index (κ1) is 18.5. The molecule has 4 nitrogen and oxygen atoms in total. The number of carbonyl (C=O) groups is 1. The molecule has 1 heterocycles. The van der Waals surface area contributed by atoms with E-state index < -0.39 is 17.5 Å². The third kappa shape index (κ3) is 4.88. The molecule has 2 aromatic carbocycles. The van der Waals surface area contributed by atoms with E-state index in [2.05, 4.69) is 4.98 Å². The van der Waals surface area contributed by atoms with Crippen molar-refractivity contribution in [2.24, 2.45) is 0 Å². The van der Waals surface area contributed by atoms with Crippen molar-refractivity contribution in [3.63, 3.8) is 0 Å². The van der Waals surface area contributed by atoms with Crippen LogP contribution in [0.3, 0.4) is 0 Å². The molecule has 0 bridgehead atoms. The molecule has 3 rings (SSSR count). The van der Waals surface area contributed by atoms with Gasteiger partial charge in [0.05, 0.1) is 17.9 Å². The maximum Gasteiger partial charge on any atom is 0.265 e. The minimum Gasteiger partial charge on any atom is -0.484 e. The van der Waals surface area contributed by atoms with Gasteiger partial charge in [-0.2, -0.15) is 0 Å². The molecule has 6 heteroatoms. The molecule has 0 unspecified atom stereocenters. The van der Waals surface area contributed by atoms with Crippen LogP contribution in [0, 0.1) is 18.6 Å². The SMILES string of the molecule is Cc1cccc(OCC(=O)N(Cc2ccccn2)c2ccc(F)cc2F)c1. The molecular formula is C21H18F2N2O2. The van der Waals surface area contributed by atoms with Crippen LogP contribution in [0.25, 0.3) is 0 Å². The summed E-state index contributed by atoms with van der Waals surface area (Å²) in [5.74, 6) is -1.46. The van der Waals surface area contributed by atoms with Gasteiger partial charge in [0.1, 0.15) is 17.4 Å². The van der Waals surface area contributed by atoms with E-state index in [1.165, 1.54) is 11.0 Å². The molecular weight excluding hydrogens is 350 g/mol. The number of ether oxygens (including phenoxy) is 1. The molecule has 0 saturated carbocycles. The molecule has 0 N–H and O–H groups in total. The Hall–Kier alpha value is -3.28. The van der Waals surface area contributed by atoms with Crippen LogP contribution in [0.15, 0.2) is 66.9 Å². The fraction of sp³-hybridized carbons (Fsp3) is 0.143. The number of benzene rings is 2. The van der Waals surface area contributed by atoms with Crippen LogP contribution in [0.1, 0.15) is 11.3 Å². The van der Waals surface area contributed by atoms with Gasteiger partial charge in [0, 0.05) is 12.3 Å². The van der Waals surface area contributed by atoms with Crippen LogP contribution < -0.4 is 9.64 Å². The smallest absolute Gasteiger partial charge is 0.265 e. The summed E-state index contributed by atoms with van der Waals surface area (Å²) in [4.78, 5) is 18.1. The van der Waals surface area contributed by atoms with Gasteiger partial charge in [0.25, 0.3) is 5.91 Å². The van der Waals surface area contributed by atoms with Gasteiger partial charge in [0.2, 0.25) is 0 Å². The Bertz CT molecular complexity index is 932. The van der Waals surface area contributed by atoms with Gasteiger partial charge in [-0.25, -0.2) is 8.78 Å². The van der Waals surface area contributed by atoms with Crippen molar-refractivity contribution in [3.05, 3.63) is 89.8 Å². The number of pyridine rings is 1. The Morgan fingerprint density at radius 1 is 1.07 bits per heavy atom. The molecule has 1 aromatic heterocycles. The fourth-order valence-corrected chi connectivity index (χ4v) is 2.59. The Labute approximate surface area is 156 Å². The normalized spacial score (nSPS) is 10.5. The van der Waals surface area contributed by atoms with E-state index in [1.54, 1.807) is 36.5 Å². The van der Waals surface area contributed by atoms with Crippen LogP contribution in [0.4, 0.5) is 14.5 Å². The number of nitrogens with zero attached hydrogens (tertiary/aromatic N) is 2. The van der Waals surface area contributed by atoms with Gasteiger partial charge >= 0.3 is 0 Å². The highest BCUT2D eigenvalue weighted by Crippen LogP contribution is 2.23. The third-order valence-corrected chi connectivity index (χ3v) is 3.90. The van der Waals surface area contributed by atoms with E-state index >= 15 is 0 Å². The van der Waals surface area contributed by atoms with Crippen molar-refractivity contribution >= 4 is 11.6 Å². The van der Waals surface area contributed by atoms with E-state index in [9.17, 15) is 13.6 Å². The number of carbonyl (C=O) groups excluding carboxylic acids is 1. The van der Waals surface area contributed by atoms with E-state index in [0.717, 1.165) is 17.7 Å². The summed E-state index contributed by atoms with van der Waals surface area (Å²) < 4.78 is 33.1. The summed E-state index contributed by atoms with van der Waals surface area (Å²) in [5, 5.41) is 0. The van der Waals surface area contributed by atoms with Crippen molar-refractivity contribution in [1.29, 1.82) is 0 Å². The second kappa shape index (κ2) is 8.40. The summed E-state index contributed by atoms with van der Waals surface area (Å²) in [7, 11) is 0. The lowest BCUT2D eigenvalue weighted by Gasteiger charge is -2.23. The molecule has 0 aliphatic carbocycles. The van der Waals surface area contributed by atoms with Crippen molar-refractivity contribution in [3.8, 4) is 5.75 Å². The average Bonchev–Trinajstić information content (AvgIpc) is 2.66. The van der Waals surface area contributed by atoms with Crippen molar-refractivity contribution in [1.82, 2.24) is 4.98 Å². The number of hydrogen-bond acceptors (Lipinski definition) is 3. The Morgan fingerprint density at radius 3 is 2.63 bits per heavy atom. The second-order valence-corrected chi connectivity index (χ2v) is 6.00. The molecule has 27 heavy (non-hydrogen) atoms. The lowest BCUT2D eigenvalue weighted by molar-refractivity contribution is -0.120. The van der Waals surface area contributed by atoms with E-state index in [-0.39, 0.29) is 18.8 Å². The highest BCUT2D eigenvalue weighted by Gasteiger charge is 2.21. The lowest BCUT2D eigenvalue weighted by Crippen LogP contribution is -2.35. The molecule has 3 aromatic rings. The molecule has 1 amide bonds. The van der Waals surface area contributed by atoms with Crippen LogP contribution in [-0.2, 0) is 11.3 Å². The predicted octanol–water partition coefficient (Wildman–Crippen LogP) is 4.28. The van der Waals surface area contributed by atoms with E-state index in [4.69, 9.17) is 4.74 Å². The molecule has 0 radical (unpaired) electrons. The van der Waals surface area contributed by atoms with Crippen LogP contribution >= 0.6 is 0 Å². The van der Waals surface area contributed by atoms with E-state index in [1.807, 2.05) is 19.1 Å². The summed E-state index contributed by atoms with van der Waals surface area (Å²) in [6.45, 7) is 1.67. The number of amides is 1. The largest absolute Gasteiger partial charge is 0.484 e. The zero-order valence-corrected chi connectivity index (χ0v) is 14.7. The Balaban J connectivity index is 1.83. The quantitative estimate of drug-likeness (QED) is 0.652. The summed E-state index contributed by atoms with van der Waals surface area (Å²) >= 11 is 0.